The molecule has 3 fully saturated rings. The summed E-state index contributed by atoms with van der Waals surface area (Å²) in [5.74, 6) is 1.76. The molecule has 0 radical (unpaired) electrons. The van der Waals surface area contributed by atoms with E-state index in [1.54, 1.807) is 6.08 Å². The van der Waals surface area contributed by atoms with E-state index in [0.717, 1.165) is 38.5 Å². The number of carbonyl (C=O) groups is 1. The molecule has 0 aromatic heterocycles. The Hall–Kier alpha value is -0.600. The van der Waals surface area contributed by atoms with Crippen LogP contribution < -0.4 is 0 Å². The zero-order valence-corrected chi connectivity index (χ0v) is 15.1. The van der Waals surface area contributed by atoms with Crippen LogP contribution in [0.2, 0.25) is 0 Å². The number of rotatable bonds is 0. The first-order valence-electron chi connectivity index (χ1n) is 9.06. The normalized spacial score (nSPS) is 52.2. The third-order valence-electron chi connectivity index (χ3n) is 8.21. The van der Waals surface area contributed by atoms with Crippen molar-refractivity contribution in [1.82, 2.24) is 0 Å². The van der Waals surface area contributed by atoms with E-state index < -0.39 is 5.60 Å². The molecule has 0 saturated heterocycles. The molecule has 0 aliphatic heterocycles. The van der Waals surface area contributed by atoms with Gasteiger partial charge in [-0.2, -0.15) is 0 Å². The average molecular weight is 335 g/mol. The van der Waals surface area contributed by atoms with Gasteiger partial charge in [-0.25, -0.2) is 0 Å². The minimum Gasteiger partial charge on any atom is -0.390 e. The minimum atomic E-state index is -0.532. The van der Waals surface area contributed by atoms with E-state index in [1.807, 2.05) is 6.92 Å². The number of allylic oxidation sites excluding steroid dienone is 4. The van der Waals surface area contributed by atoms with Crippen molar-refractivity contribution in [1.29, 1.82) is 0 Å². The Morgan fingerprint density at radius 2 is 1.83 bits per heavy atom. The second-order valence-electron chi connectivity index (χ2n) is 8.96. The highest BCUT2D eigenvalue weighted by Gasteiger charge is 2.62. The Bertz CT molecular complexity index is 632. The summed E-state index contributed by atoms with van der Waals surface area (Å²) in [5.41, 5.74) is 0.615. The summed E-state index contributed by atoms with van der Waals surface area (Å²) >= 11 is 6.38. The largest absolute Gasteiger partial charge is 0.390 e. The van der Waals surface area contributed by atoms with Crippen molar-refractivity contribution >= 4 is 17.4 Å². The standard InChI is InChI=1S/C20H27ClO2/c1-18-9-8-16(22)17(21)15(18)5-4-12-13(18)6-10-19(2)14(12)7-11-20(19,3)23/h8-9,12-14,23H,4-7,10-11H2,1-3H3. The summed E-state index contributed by atoms with van der Waals surface area (Å²) in [5, 5.41) is 11.4. The summed E-state index contributed by atoms with van der Waals surface area (Å²) in [4.78, 5) is 12.0. The van der Waals surface area contributed by atoms with Crippen LogP contribution in [0.4, 0.5) is 0 Å². The molecule has 6 atom stereocenters. The summed E-state index contributed by atoms with van der Waals surface area (Å²) in [6.45, 7) is 6.63. The number of aliphatic hydroxyl groups is 1. The number of ketones is 1. The van der Waals surface area contributed by atoms with Gasteiger partial charge in [-0.15, -0.1) is 0 Å². The van der Waals surface area contributed by atoms with Crippen LogP contribution in [0.1, 0.15) is 59.3 Å². The molecular weight excluding hydrogens is 308 g/mol. The quantitative estimate of drug-likeness (QED) is 0.702. The van der Waals surface area contributed by atoms with Crippen molar-refractivity contribution in [2.24, 2.45) is 28.6 Å². The molecule has 4 aliphatic rings. The summed E-state index contributed by atoms with van der Waals surface area (Å²) in [7, 11) is 0. The first-order chi connectivity index (χ1) is 10.7. The van der Waals surface area contributed by atoms with Crippen molar-refractivity contribution in [2.45, 2.75) is 64.9 Å². The molecule has 23 heavy (non-hydrogen) atoms. The Balaban J connectivity index is 1.74. The molecule has 0 spiro atoms. The van der Waals surface area contributed by atoms with Crippen LogP contribution in [0.25, 0.3) is 0 Å². The molecule has 3 saturated carbocycles. The number of halogens is 1. The Morgan fingerprint density at radius 1 is 1.13 bits per heavy atom. The fourth-order valence-electron chi connectivity index (χ4n) is 6.52. The average Bonchev–Trinajstić information content (AvgIpc) is 2.74. The van der Waals surface area contributed by atoms with Gasteiger partial charge in [-0.05, 0) is 80.3 Å². The highest BCUT2D eigenvalue weighted by molar-refractivity contribution is 6.45. The molecule has 4 rings (SSSR count). The topological polar surface area (TPSA) is 37.3 Å². The molecule has 0 amide bonds. The Kier molecular flexibility index (Phi) is 3.27. The lowest BCUT2D eigenvalue weighted by Gasteiger charge is -2.58. The lowest BCUT2D eigenvalue weighted by atomic mass is 9.47. The number of carbonyl (C=O) groups excluding carboxylic acids is 1. The van der Waals surface area contributed by atoms with Gasteiger partial charge >= 0.3 is 0 Å². The predicted molar refractivity (Wildman–Crippen MR) is 92.0 cm³/mol. The van der Waals surface area contributed by atoms with E-state index in [2.05, 4.69) is 19.9 Å². The van der Waals surface area contributed by atoms with Gasteiger partial charge in [0.15, 0.2) is 5.78 Å². The van der Waals surface area contributed by atoms with Crippen molar-refractivity contribution in [3.8, 4) is 0 Å². The lowest BCUT2D eigenvalue weighted by Crippen LogP contribution is -2.53. The molecule has 126 valence electrons. The van der Waals surface area contributed by atoms with Gasteiger partial charge < -0.3 is 5.11 Å². The molecule has 6 unspecified atom stereocenters. The van der Waals surface area contributed by atoms with Crippen molar-refractivity contribution in [3.63, 3.8) is 0 Å². The minimum absolute atomic E-state index is 0.0259. The fraction of sp³-hybridized carbons (Fsp3) is 0.750. The third kappa shape index (κ3) is 1.88. The molecule has 2 nitrogen and oxygen atoms in total. The van der Waals surface area contributed by atoms with Crippen molar-refractivity contribution < 1.29 is 9.90 Å². The first kappa shape index (κ1) is 15.9. The molecule has 1 N–H and O–H groups in total. The van der Waals surface area contributed by atoms with Crippen molar-refractivity contribution in [2.75, 3.05) is 0 Å². The second-order valence-corrected chi connectivity index (χ2v) is 9.33. The Morgan fingerprint density at radius 3 is 2.57 bits per heavy atom. The van der Waals surface area contributed by atoms with E-state index in [-0.39, 0.29) is 16.6 Å². The van der Waals surface area contributed by atoms with Crippen LogP contribution >= 0.6 is 11.6 Å². The lowest BCUT2D eigenvalue weighted by molar-refractivity contribution is -0.114. The Labute approximate surface area is 144 Å². The van der Waals surface area contributed by atoms with Crippen LogP contribution in [0.3, 0.4) is 0 Å². The SMILES string of the molecule is CC12C=CC(=O)C(Cl)=C1CCC1C2CCC2(C)C1CCC2(C)O. The van der Waals surface area contributed by atoms with E-state index >= 15 is 0 Å². The van der Waals surface area contributed by atoms with Gasteiger partial charge in [0.05, 0.1) is 10.6 Å². The van der Waals surface area contributed by atoms with E-state index in [9.17, 15) is 9.90 Å². The maximum absolute atomic E-state index is 12.0. The fourth-order valence-corrected chi connectivity index (χ4v) is 6.88. The molecule has 0 aromatic carbocycles. The molecule has 3 heteroatoms. The maximum atomic E-state index is 12.0. The summed E-state index contributed by atoms with van der Waals surface area (Å²) in [6, 6.07) is 0. The van der Waals surface area contributed by atoms with E-state index in [1.165, 1.54) is 5.57 Å². The van der Waals surface area contributed by atoms with Crippen molar-refractivity contribution in [3.05, 3.63) is 22.8 Å². The monoisotopic (exact) mass is 334 g/mol. The van der Waals surface area contributed by atoms with Gasteiger partial charge in [0.2, 0.25) is 0 Å². The van der Waals surface area contributed by atoms with E-state index in [4.69, 9.17) is 11.6 Å². The van der Waals surface area contributed by atoms with Gasteiger partial charge in [-0.1, -0.05) is 31.5 Å². The highest BCUT2D eigenvalue weighted by atomic mass is 35.5. The van der Waals surface area contributed by atoms with Gasteiger partial charge in [0.1, 0.15) is 0 Å². The second kappa shape index (κ2) is 4.73. The summed E-state index contributed by atoms with van der Waals surface area (Å²) in [6.07, 6.45) is 10.1. The van der Waals surface area contributed by atoms with Crippen LogP contribution in [0.15, 0.2) is 22.8 Å². The molecule has 0 aromatic rings. The zero-order valence-electron chi connectivity index (χ0n) is 14.4. The van der Waals surface area contributed by atoms with Crippen LogP contribution in [-0.2, 0) is 4.79 Å². The van der Waals surface area contributed by atoms with Gasteiger partial charge in [0, 0.05) is 5.41 Å². The van der Waals surface area contributed by atoms with Gasteiger partial charge in [-0.3, -0.25) is 4.79 Å². The predicted octanol–water partition coefficient (Wildman–Crippen LogP) is 4.61. The zero-order chi connectivity index (χ0) is 16.6. The molecule has 4 aliphatic carbocycles. The van der Waals surface area contributed by atoms with Gasteiger partial charge in [0.25, 0.3) is 0 Å². The van der Waals surface area contributed by atoms with Crippen LogP contribution in [0, 0.1) is 28.6 Å². The number of hydrogen-bond acceptors (Lipinski definition) is 2. The highest BCUT2D eigenvalue weighted by Crippen LogP contribution is 2.67. The smallest absolute Gasteiger partial charge is 0.196 e. The third-order valence-corrected chi connectivity index (χ3v) is 8.62. The first-order valence-corrected chi connectivity index (χ1v) is 9.43. The molecular formula is C20H27ClO2. The maximum Gasteiger partial charge on any atom is 0.196 e. The number of fused-ring (bicyclic) bond motifs is 5. The number of hydrogen-bond donors (Lipinski definition) is 1. The van der Waals surface area contributed by atoms with E-state index in [0.29, 0.717) is 22.8 Å². The molecule has 0 heterocycles. The summed E-state index contributed by atoms with van der Waals surface area (Å²) < 4.78 is 0. The van der Waals surface area contributed by atoms with Crippen LogP contribution in [-0.4, -0.2) is 16.5 Å². The van der Waals surface area contributed by atoms with Crippen LogP contribution in [0.5, 0.6) is 0 Å². The molecule has 0 bridgehead atoms.